The van der Waals surface area contributed by atoms with Crippen molar-refractivity contribution >= 4 is 16.8 Å². The van der Waals surface area contributed by atoms with Gasteiger partial charge in [-0.1, -0.05) is 5.16 Å². The standard InChI is InChI=1S/C17H17F2N5O/c1-11-16(19)17(21-10-20-11)24-6-4-23(5-7-24)9-14-13-3-2-12(18)8-15(13)25-22-14/h2-3,8,10H,4-7,9H2,1H3. The van der Waals surface area contributed by atoms with E-state index >= 15 is 0 Å². The van der Waals surface area contributed by atoms with Gasteiger partial charge in [0.2, 0.25) is 0 Å². The molecular formula is C17H17F2N5O. The highest BCUT2D eigenvalue weighted by Crippen LogP contribution is 2.23. The summed E-state index contributed by atoms with van der Waals surface area (Å²) in [5.41, 5.74) is 1.59. The van der Waals surface area contributed by atoms with Crippen LogP contribution in [0.3, 0.4) is 0 Å². The van der Waals surface area contributed by atoms with Crippen LogP contribution >= 0.6 is 0 Å². The summed E-state index contributed by atoms with van der Waals surface area (Å²) < 4.78 is 32.6. The first-order valence-corrected chi connectivity index (χ1v) is 8.10. The lowest BCUT2D eigenvalue weighted by Crippen LogP contribution is -2.46. The first-order valence-electron chi connectivity index (χ1n) is 8.10. The molecule has 0 atom stereocenters. The van der Waals surface area contributed by atoms with Crippen molar-refractivity contribution in [3.63, 3.8) is 0 Å². The zero-order valence-corrected chi connectivity index (χ0v) is 13.7. The number of fused-ring (bicyclic) bond motifs is 1. The lowest BCUT2D eigenvalue weighted by atomic mass is 10.2. The molecule has 0 amide bonds. The smallest absolute Gasteiger partial charge is 0.186 e. The lowest BCUT2D eigenvalue weighted by molar-refractivity contribution is 0.242. The van der Waals surface area contributed by atoms with Gasteiger partial charge in [-0.05, 0) is 19.1 Å². The molecule has 0 N–H and O–H groups in total. The van der Waals surface area contributed by atoms with Crippen LogP contribution in [0.4, 0.5) is 14.6 Å². The lowest BCUT2D eigenvalue weighted by Gasteiger charge is -2.35. The summed E-state index contributed by atoms with van der Waals surface area (Å²) in [6.45, 7) is 5.07. The Balaban J connectivity index is 1.44. The van der Waals surface area contributed by atoms with Gasteiger partial charge in [0.15, 0.2) is 17.2 Å². The third kappa shape index (κ3) is 3.05. The summed E-state index contributed by atoms with van der Waals surface area (Å²) in [6, 6.07) is 4.43. The van der Waals surface area contributed by atoms with Crippen molar-refractivity contribution in [2.45, 2.75) is 13.5 Å². The second-order valence-corrected chi connectivity index (χ2v) is 6.13. The number of nitrogens with zero attached hydrogens (tertiary/aromatic N) is 5. The number of anilines is 1. The quantitative estimate of drug-likeness (QED) is 0.727. The maximum absolute atomic E-state index is 14.2. The molecule has 1 saturated heterocycles. The van der Waals surface area contributed by atoms with E-state index in [2.05, 4.69) is 20.0 Å². The van der Waals surface area contributed by atoms with Gasteiger partial charge in [0.1, 0.15) is 17.8 Å². The number of aromatic nitrogens is 3. The van der Waals surface area contributed by atoms with Crippen molar-refractivity contribution < 1.29 is 13.3 Å². The molecule has 0 spiro atoms. The molecular weight excluding hydrogens is 328 g/mol. The average molecular weight is 345 g/mol. The fourth-order valence-corrected chi connectivity index (χ4v) is 3.07. The normalized spacial score (nSPS) is 15.9. The number of rotatable bonds is 3. The van der Waals surface area contributed by atoms with Crippen LogP contribution in [0.5, 0.6) is 0 Å². The zero-order valence-electron chi connectivity index (χ0n) is 13.7. The maximum atomic E-state index is 14.2. The van der Waals surface area contributed by atoms with Crippen molar-refractivity contribution in [3.05, 3.63) is 47.5 Å². The predicted octanol–water partition coefficient (Wildman–Crippen LogP) is 2.53. The maximum Gasteiger partial charge on any atom is 0.186 e. The number of hydrogen-bond acceptors (Lipinski definition) is 6. The van der Waals surface area contributed by atoms with Crippen LogP contribution < -0.4 is 4.90 Å². The monoisotopic (exact) mass is 345 g/mol. The highest BCUT2D eigenvalue weighted by atomic mass is 19.1. The molecule has 8 heteroatoms. The molecule has 25 heavy (non-hydrogen) atoms. The molecule has 1 aliphatic heterocycles. The highest BCUT2D eigenvalue weighted by molar-refractivity contribution is 5.79. The minimum atomic E-state index is -0.361. The minimum absolute atomic E-state index is 0.342. The molecule has 3 heterocycles. The van der Waals surface area contributed by atoms with E-state index in [1.54, 1.807) is 13.0 Å². The van der Waals surface area contributed by atoms with Crippen molar-refractivity contribution in [2.24, 2.45) is 0 Å². The SMILES string of the molecule is Cc1ncnc(N2CCN(Cc3noc4cc(F)ccc34)CC2)c1F. The van der Waals surface area contributed by atoms with Gasteiger partial charge in [0.25, 0.3) is 0 Å². The highest BCUT2D eigenvalue weighted by Gasteiger charge is 2.23. The summed E-state index contributed by atoms with van der Waals surface area (Å²) in [5.74, 6) is -0.346. The first-order chi connectivity index (χ1) is 12.1. The van der Waals surface area contributed by atoms with Gasteiger partial charge in [-0.2, -0.15) is 0 Å². The molecule has 130 valence electrons. The molecule has 0 saturated carbocycles. The second-order valence-electron chi connectivity index (χ2n) is 6.13. The molecule has 1 aliphatic rings. The molecule has 3 aromatic rings. The van der Waals surface area contributed by atoms with E-state index in [-0.39, 0.29) is 11.6 Å². The molecule has 0 aliphatic carbocycles. The van der Waals surface area contributed by atoms with Crippen LogP contribution in [0.1, 0.15) is 11.4 Å². The van der Waals surface area contributed by atoms with Crippen molar-refractivity contribution in [1.29, 1.82) is 0 Å². The van der Waals surface area contributed by atoms with Crippen LogP contribution in [-0.4, -0.2) is 46.2 Å². The van der Waals surface area contributed by atoms with Crippen molar-refractivity contribution in [3.8, 4) is 0 Å². The predicted molar refractivity (Wildman–Crippen MR) is 88.2 cm³/mol. The fourth-order valence-electron chi connectivity index (χ4n) is 3.07. The van der Waals surface area contributed by atoms with Gasteiger partial charge in [-0.15, -0.1) is 0 Å². The summed E-state index contributed by atoms with van der Waals surface area (Å²) in [7, 11) is 0. The summed E-state index contributed by atoms with van der Waals surface area (Å²) in [5, 5.41) is 4.88. The van der Waals surface area contributed by atoms with Gasteiger partial charge < -0.3 is 9.42 Å². The molecule has 6 nitrogen and oxygen atoms in total. The van der Waals surface area contributed by atoms with Gasteiger partial charge >= 0.3 is 0 Å². The van der Waals surface area contributed by atoms with E-state index in [1.807, 2.05) is 4.90 Å². The Labute approximate surface area is 143 Å². The zero-order chi connectivity index (χ0) is 17.4. The van der Waals surface area contributed by atoms with Crippen LogP contribution in [0, 0.1) is 18.6 Å². The molecule has 4 rings (SSSR count). The third-order valence-corrected chi connectivity index (χ3v) is 4.50. The number of benzene rings is 1. The van der Waals surface area contributed by atoms with E-state index in [1.165, 1.54) is 18.5 Å². The molecule has 0 radical (unpaired) electrons. The van der Waals surface area contributed by atoms with E-state index < -0.39 is 0 Å². The van der Waals surface area contributed by atoms with E-state index in [0.717, 1.165) is 24.2 Å². The van der Waals surface area contributed by atoms with Gasteiger partial charge in [0, 0.05) is 44.2 Å². The number of piperazine rings is 1. The Bertz CT molecular complexity index is 905. The topological polar surface area (TPSA) is 58.3 Å². The molecule has 1 fully saturated rings. The van der Waals surface area contributed by atoms with Gasteiger partial charge in [0.05, 0.1) is 5.69 Å². The van der Waals surface area contributed by atoms with E-state index in [0.29, 0.717) is 36.7 Å². The van der Waals surface area contributed by atoms with E-state index in [9.17, 15) is 8.78 Å². The van der Waals surface area contributed by atoms with E-state index in [4.69, 9.17) is 4.52 Å². The Morgan fingerprint density at radius 2 is 1.92 bits per heavy atom. The van der Waals surface area contributed by atoms with Crippen LogP contribution in [0.2, 0.25) is 0 Å². The Hall–Kier alpha value is -2.61. The number of hydrogen-bond donors (Lipinski definition) is 0. The van der Waals surface area contributed by atoms with Crippen LogP contribution in [0.25, 0.3) is 11.0 Å². The number of aryl methyl sites for hydroxylation is 1. The third-order valence-electron chi connectivity index (χ3n) is 4.50. The molecule has 0 unspecified atom stereocenters. The fraction of sp³-hybridized carbons (Fsp3) is 0.353. The number of halogens is 2. The van der Waals surface area contributed by atoms with Gasteiger partial charge in [-0.3, -0.25) is 4.90 Å². The summed E-state index contributed by atoms with van der Waals surface area (Å²) in [4.78, 5) is 12.1. The Kier molecular flexibility index (Phi) is 4.04. The summed E-state index contributed by atoms with van der Waals surface area (Å²) >= 11 is 0. The average Bonchev–Trinajstić information content (AvgIpc) is 3.00. The van der Waals surface area contributed by atoms with Crippen LogP contribution in [-0.2, 0) is 6.54 Å². The first kappa shape index (κ1) is 15.9. The largest absolute Gasteiger partial charge is 0.356 e. The van der Waals surface area contributed by atoms with Crippen LogP contribution in [0.15, 0.2) is 29.0 Å². The van der Waals surface area contributed by atoms with Gasteiger partial charge in [-0.25, -0.2) is 18.7 Å². The second kappa shape index (κ2) is 6.36. The minimum Gasteiger partial charge on any atom is -0.356 e. The van der Waals surface area contributed by atoms with Crippen molar-refractivity contribution in [2.75, 3.05) is 31.1 Å². The Morgan fingerprint density at radius 1 is 1.12 bits per heavy atom. The molecule has 2 aromatic heterocycles. The molecule has 0 bridgehead atoms. The molecule has 1 aromatic carbocycles. The van der Waals surface area contributed by atoms with Crippen molar-refractivity contribution in [1.82, 2.24) is 20.0 Å². The summed E-state index contributed by atoms with van der Waals surface area (Å²) in [6.07, 6.45) is 1.39. The Morgan fingerprint density at radius 3 is 2.72 bits per heavy atom.